The molecule has 0 spiro atoms. The normalized spacial score (nSPS) is 7.50. The first kappa shape index (κ1) is 22.4. The zero-order chi connectivity index (χ0) is 4.50. The van der Waals surface area contributed by atoms with Gasteiger partial charge in [0.05, 0.1) is 0 Å². The van der Waals surface area contributed by atoms with Crippen LogP contribution in [-0.2, 0) is 5.48 Å². The third kappa shape index (κ3) is 70.3. The molecule has 0 saturated carbocycles. The Balaban J connectivity index is -0.0000000267. The van der Waals surface area contributed by atoms with Gasteiger partial charge in [0.15, 0.2) is 0 Å². The van der Waals surface area contributed by atoms with Crippen LogP contribution in [0.25, 0.3) is 0 Å². The molecule has 0 aliphatic heterocycles. The third-order valence-electron chi connectivity index (χ3n) is 0. The molecule has 0 amide bonds. The van der Waals surface area contributed by atoms with Gasteiger partial charge in [0, 0.05) is 0 Å². The monoisotopic (exact) mass is 392 g/mol. The van der Waals surface area contributed by atoms with Crippen molar-refractivity contribution in [2.24, 2.45) is 0 Å². The van der Waals surface area contributed by atoms with Crippen LogP contribution >= 0.6 is 0 Å². The summed E-state index contributed by atoms with van der Waals surface area (Å²) < 4.78 is 0. The van der Waals surface area contributed by atoms with Crippen molar-refractivity contribution in [2.45, 2.75) is 0 Å². The molecule has 8 heavy (non-hydrogen) atoms. The molecule has 0 aromatic rings. The first-order valence-electron chi connectivity index (χ1n) is 0.816. The smallest absolute Gasteiger partial charge is 2.00 e. The van der Waals surface area contributed by atoms with Crippen molar-refractivity contribution < 1.29 is 106 Å². The van der Waals surface area contributed by atoms with Crippen LogP contribution in [0, 0.1) is 81.7 Å². The fourth-order valence-electron chi connectivity index (χ4n) is 0. The number of rotatable bonds is 0. The Morgan fingerprint density at radius 1 is 0.750 bits per heavy atom. The fourth-order valence-corrected chi connectivity index (χ4v) is 0. The second-order valence-electron chi connectivity index (χ2n) is 0.500. The molecule has 0 saturated heterocycles. The summed E-state index contributed by atoms with van der Waals surface area (Å²) in [6.07, 6.45) is 0. The van der Waals surface area contributed by atoms with Crippen LogP contribution in [-0.4, -0.2) is 9.05 Å². The van der Waals surface area contributed by atoms with Crippen molar-refractivity contribution in [3.63, 3.8) is 0 Å². The van der Waals surface area contributed by atoms with Crippen molar-refractivity contribution in [1.29, 1.82) is 0 Å². The largest absolute Gasteiger partial charge is 3.00 e. The van der Waals surface area contributed by atoms with E-state index in [1.807, 2.05) is 0 Å². The van der Waals surface area contributed by atoms with E-state index in [2.05, 4.69) is 0 Å². The maximum absolute atomic E-state index is 8.58. The van der Waals surface area contributed by atoms with Gasteiger partial charge in [-0.1, -0.05) is 0 Å². The SMILES string of the molecule is [Nd+3].[Nd+3].[O-2].[O-][Si]([O-])([O-])[O-]. The standard InChI is InChI=1S/2Nd.O4Si.O/c;;1-5(2,3)4;/q2*+3;-4;-2. The van der Waals surface area contributed by atoms with E-state index >= 15 is 0 Å². The van der Waals surface area contributed by atoms with Crippen LogP contribution in [0.15, 0.2) is 0 Å². The van der Waals surface area contributed by atoms with Gasteiger partial charge in [0.1, 0.15) is 0 Å². The van der Waals surface area contributed by atoms with Gasteiger partial charge in [-0.3, -0.25) is 0 Å². The van der Waals surface area contributed by atoms with Gasteiger partial charge in [-0.25, -0.2) is 0 Å². The van der Waals surface area contributed by atoms with Crippen molar-refractivity contribution in [3.05, 3.63) is 0 Å². The van der Waals surface area contributed by atoms with Gasteiger partial charge in [-0.15, -0.1) is 0 Å². The minimum absolute atomic E-state index is 0. The molecule has 0 aliphatic carbocycles. The Morgan fingerprint density at radius 2 is 0.750 bits per heavy atom. The number of hydrogen-bond acceptors (Lipinski definition) is 4. The summed E-state index contributed by atoms with van der Waals surface area (Å²) >= 11 is 0. The van der Waals surface area contributed by atoms with Crippen LogP contribution < -0.4 is 19.2 Å². The Morgan fingerprint density at radius 3 is 0.750 bits per heavy atom. The van der Waals surface area contributed by atoms with Gasteiger partial charge in [-0.05, 0) is 0 Å². The van der Waals surface area contributed by atoms with Crippen molar-refractivity contribution >= 4 is 9.05 Å². The molecule has 42 valence electrons. The predicted molar refractivity (Wildman–Crippen MR) is 6.44 cm³/mol. The molecule has 0 aromatic carbocycles. The summed E-state index contributed by atoms with van der Waals surface area (Å²) in [5.41, 5.74) is 0. The van der Waals surface area contributed by atoms with Crippen molar-refractivity contribution in [3.8, 4) is 0 Å². The molecular weight excluding hydrogens is 397 g/mol. The molecule has 0 aliphatic rings. The van der Waals surface area contributed by atoms with E-state index in [1.165, 1.54) is 0 Å². The van der Waals surface area contributed by atoms with Crippen LogP contribution in [0.4, 0.5) is 0 Å². The van der Waals surface area contributed by atoms with E-state index in [0.29, 0.717) is 0 Å². The van der Waals surface area contributed by atoms with E-state index in [0.717, 1.165) is 0 Å². The minimum atomic E-state index is -5.61. The third-order valence-corrected chi connectivity index (χ3v) is 0. The van der Waals surface area contributed by atoms with Gasteiger partial charge in [0.2, 0.25) is 0 Å². The molecular formula is Nd2O5Si. The molecule has 0 aromatic heterocycles. The molecule has 2 radical (unpaired) electrons. The molecule has 5 nitrogen and oxygen atoms in total. The van der Waals surface area contributed by atoms with Crippen molar-refractivity contribution in [2.75, 3.05) is 0 Å². The maximum Gasteiger partial charge on any atom is 3.00 e. The first-order valence-corrected chi connectivity index (χ1v) is 2.45. The Bertz CT molecular complexity index is 25.9. The topological polar surface area (TPSA) is 121 Å². The summed E-state index contributed by atoms with van der Waals surface area (Å²) in [6.45, 7) is 0. The molecule has 0 atom stereocenters. The van der Waals surface area contributed by atoms with Gasteiger partial charge in [-0.2, -0.15) is 0 Å². The van der Waals surface area contributed by atoms with E-state index in [9.17, 15) is 0 Å². The molecule has 0 unspecified atom stereocenters. The predicted octanol–water partition coefficient (Wildman–Crippen LogP) is -5.26. The average molecular weight is 397 g/mol. The zero-order valence-electron chi connectivity index (χ0n) is 3.54. The Labute approximate surface area is 113 Å². The fraction of sp³-hybridized carbons (Fsp3) is 0. The van der Waals surface area contributed by atoms with Crippen LogP contribution in [0.1, 0.15) is 0 Å². The molecule has 0 heterocycles. The van der Waals surface area contributed by atoms with E-state index in [1.54, 1.807) is 0 Å². The van der Waals surface area contributed by atoms with E-state index in [-0.39, 0.29) is 87.2 Å². The Kier molecular flexibility index (Phi) is 27.2. The summed E-state index contributed by atoms with van der Waals surface area (Å²) in [6, 6.07) is 0. The zero-order valence-corrected chi connectivity index (χ0v) is 11.0. The van der Waals surface area contributed by atoms with Gasteiger partial charge < -0.3 is 33.7 Å². The summed E-state index contributed by atoms with van der Waals surface area (Å²) in [5, 5.41) is 0. The van der Waals surface area contributed by atoms with Crippen molar-refractivity contribution in [1.82, 2.24) is 0 Å². The van der Waals surface area contributed by atoms with Gasteiger partial charge >= 0.3 is 81.7 Å². The molecule has 0 rings (SSSR count). The van der Waals surface area contributed by atoms with Crippen LogP contribution in [0.3, 0.4) is 0 Å². The maximum atomic E-state index is 8.58. The molecule has 8 heteroatoms. The van der Waals surface area contributed by atoms with E-state index in [4.69, 9.17) is 19.2 Å². The molecule has 0 bridgehead atoms. The molecule has 0 fully saturated rings. The van der Waals surface area contributed by atoms with Crippen LogP contribution in [0.5, 0.6) is 0 Å². The quantitative estimate of drug-likeness (QED) is 0.380. The average Bonchev–Trinajstić information content (AvgIpc) is 0.722. The summed E-state index contributed by atoms with van der Waals surface area (Å²) in [7, 11) is -5.61. The summed E-state index contributed by atoms with van der Waals surface area (Å²) in [5.74, 6) is 0. The Hall–Kier alpha value is 2.72. The second kappa shape index (κ2) is 9.72. The van der Waals surface area contributed by atoms with Crippen LogP contribution in [0.2, 0.25) is 0 Å². The summed E-state index contributed by atoms with van der Waals surface area (Å²) in [4.78, 5) is 34.3. The van der Waals surface area contributed by atoms with Gasteiger partial charge in [0.25, 0.3) is 0 Å². The second-order valence-corrected chi connectivity index (χ2v) is 1.50. The first-order chi connectivity index (χ1) is 2.00. The number of hydrogen-bond donors (Lipinski definition) is 0. The van der Waals surface area contributed by atoms with E-state index < -0.39 is 9.05 Å². The minimum Gasteiger partial charge on any atom is -2.00 e. The molecule has 0 N–H and O–H groups in total.